The van der Waals surface area contributed by atoms with Crippen LogP contribution in [0.1, 0.15) is 44.2 Å². The van der Waals surface area contributed by atoms with Crippen molar-refractivity contribution in [2.75, 3.05) is 0 Å². The Morgan fingerprint density at radius 1 is 0.905 bits per heavy atom. The maximum Gasteiger partial charge on any atom is 0.248 e. The molecule has 0 unspecified atom stereocenters. The first-order valence-electron chi connectivity index (χ1n) is 7.74. The van der Waals surface area contributed by atoms with E-state index >= 15 is 0 Å². The van der Waals surface area contributed by atoms with E-state index in [2.05, 4.69) is 31.2 Å². The molecule has 0 aromatic heterocycles. The first-order valence-corrected chi connectivity index (χ1v) is 7.74. The number of para-hydroxylation sites is 2. The van der Waals surface area contributed by atoms with Gasteiger partial charge in [0.15, 0.2) is 0 Å². The molecule has 2 aromatic carbocycles. The minimum absolute atomic E-state index is 0.608. The Morgan fingerprint density at radius 2 is 1.43 bits per heavy atom. The molecule has 1 aliphatic rings. The Bertz CT molecular complexity index is 571. The summed E-state index contributed by atoms with van der Waals surface area (Å²) in [6.07, 6.45) is 3.94. The van der Waals surface area contributed by atoms with Gasteiger partial charge in [-0.25, -0.2) is 0 Å². The Morgan fingerprint density at radius 3 is 1.95 bits per heavy atom. The van der Waals surface area contributed by atoms with Crippen molar-refractivity contribution in [2.24, 2.45) is 0 Å². The molecule has 0 radical (unpaired) electrons. The van der Waals surface area contributed by atoms with Gasteiger partial charge in [0.2, 0.25) is 5.79 Å². The van der Waals surface area contributed by atoms with E-state index in [9.17, 15) is 0 Å². The monoisotopic (exact) mass is 282 g/mol. The van der Waals surface area contributed by atoms with Gasteiger partial charge >= 0.3 is 0 Å². The maximum absolute atomic E-state index is 6.26. The summed E-state index contributed by atoms with van der Waals surface area (Å²) < 4.78 is 12.5. The van der Waals surface area contributed by atoms with Gasteiger partial charge in [-0.3, -0.25) is 0 Å². The van der Waals surface area contributed by atoms with E-state index in [0.29, 0.717) is 0 Å². The molecule has 0 spiro atoms. The summed E-state index contributed by atoms with van der Waals surface area (Å²) >= 11 is 0. The standard InChI is InChI=1S/C19H22O2/c1-3-4-13-19(2)20-17-11-7-5-9-15(17)14-16-10-6-8-12-18(16)21-19/h5-12H,3-4,13-14H2,1-2H3. The van der Waals surface area contributed by atoms with E-state index in [-0.39, 0.29) is 0 Å². The van der Waals surface area contributed by atoms with Gasteiger partial charge in [0.05, 0.1) is 0 Å². The van der Waals surface area contributed by atoms with Gasteiger partial charge in [-0.05, 0) is 29.7 Å². The molecule has 0 fully saturated rings. The van der Waals surface area contributed by atoms with Crippen LogP contribution in [0.25, 0.3) is 0 Å². The van der Waals surface area contributed by atoms with Gasteiger partial charge in [-0.2, -0.15) is 0 Å². The van der Waals surface area contributed by atoms with Gasteiger partial charge in [-0.15, -0.1) is 0 Å². The average molecular weight is 282 g/mol. The van der Waals surface area contributed by atoms with Crippen molar-refractivity contribution < 1.29 is 9.47 Å². The average Bonchev–Trinajstić information content (AvgIpc) is 2.47. The Kier molecular flexibility index (Phi) is 3.87. The molecule has 2 heteroatoms. The van der Waals surface area contributed by atoms with Gasteiger partial charge in [-0.1, -0.05) is 49.7 Å². The van der Waals surface area contributed by atoms with E-state index in [1.165, 1.54) is 11.1 Å². The largest absolute Gasteiger partial charge is 0.452 e. The SMILES string of the molecule is CCCCC1(C)Oc2ccccc2Cc2ccccc2O1. The minimum Gasteiger partial charge on any atom is -0.452 e. The third kappa shape index (κ3) is 3.05. The number of unbranched alkanes of at least 4 members (excludes halogenated alkanes) is 1. The zero-order valence-electron chi connectivity index (χ0n) is 12.8. The van der Waals surface area contributed by atoms with Crippen LogP contribution in [0.5, 0.6) is 11.5 Å². The topological polar surface area (TPSA) is 18.5 Å². The van der Waals surface area contributed by atoms with Crippen molar-refractivity contribution in [3.63, 3.8) is 0 Å². The van der Waals surface area contributed by atoms with Crippen LogP contribution in [0.2, 0.25) is 0 Å². The Balaban J connectivity index is 2.03. The highest BCUT2D eigenvalue weighted by molar-refractivity contribution is 5.44. The molecule has 1 heterocycles. The first kappa shape index (κ1) is 14.0. The van der Waals surface area contributed by atoms with Crippen molar-refractivity contribution in [1.82, 2.24) is 0 Å². The Labute approximate surface area is 126 Å². The number of hydrogen-bond donors (Lipinski definition) is 0. The summed E-state index contributed by atoms with van der Waals surface area (Å²) in [5.74, 6) is 1.26. The summed E-state index contributed by atoms with van der Waals surface area (Å²) in [6, 6.07) is 16.5. The predicted octanol–water partition coefficient (Wildman–Crippen LogP) is 4.96. The summed E-state index contributed by atoms with van der Waals surface area (Å²) in [5.41, 5.74) is 2.44. The molecule has 0 amide bonds. The van der Waals surface area contributed by atoms with Crippen LogP contribution in [0, 0.1) is 0 Å². The summed E-state index contributed by atoms with van der Waals surface area (Å²) in [7, 11) is 0. The van der Waals surface area contributed by atoms with Crippen molar-refractivity contribution >= 4 is 0 Å². The van der Waals surface area contributed by atoms with Crippen LogP contribution < -0.4 is 9.47 Å². The highest BCUT2D eigenvalue weighted by atomic mass is 16.7. The molecule has 0 saturated heterocycles. The van der Waals surface area contributed by atoms with Crippen LogP contribution in [-0.2, 0) is 6.42 Å². The van der Waals surface area contributed by atoms with Crippen LogP contribution >= 0.6 is 0 Å². The lowest BCUT2D eigenvalue weighted by Gasteiger charge is -2.34. The number of ether oxygens (including phenoxy) is 2. The third-order valence-corrected chi connectivity index (χ3v) is 3.96. The number of hydrogen-bond acceptors (Lipinski definition) is 2. The third-order valence-electron chi connectivity index (χ3n) is 3.96. The zero-order valence-corrected chi connectivity index (χ0v) is 12.8. The lowest BCUT2D eigenvalue weighted by atomic mass is 10.0. The molecular formula is C19H22O2. The highest BCUT2D eigenvalue weighted by Gasteiger charge is 2.31. The van der Waals surface area contributed by atoms with Crippen molar-refractivity contribution in [3.05, 3.63) is 59.7 Å². The molecule has 0 aliphatic carbocycles. The number of fused-ring (bicyclic) bond motifs is 2. The molecule has 0 atom stereocenters. The molecule has 0 N–H and O–H groups in total. The number of benzene rings is 2. The fourth-order valence-electron chi connectivity index (χ4n) is 2.79. The lowest BCUT2D eigenvalue weighted by Crippen LogP contribution is -2.40. The van der Waals surface area contributed by atoms with E-state index < -0.39 is 5.79 Å². The molecule has 21 heavy (non-hydrogen) atoms. The fourth-order valence-corrected chi connectivity index (χ4v) is 2.79. The fraction of sp³-hybridized carbons (Fsp3) is 0.368. The predicted molar refractivity (Wildman–Crippen MR) is 84.9 cm³/mol. The van der Waals surface area contributed by atoms with Crippen LogP contribution in [0.3, 0.4) is 0 Å². The lowest BCUT2D eigenvalue weighted by molar-refractivity contribution is -0.107. The molecule has 2 aromatic rings. The molecule has 1 aliphatic heterocycles. The summed E-state index contributed by atoms with van der Waals surface area (Å²) in [6.45, 7) is 4.23. The van der Waals surface area contributed by atoms with E-state index in [0.717, 1.165) is 37.2 Å². The normalized spacial score (nSPS) is 15.7. The van der Waals surface area contributed by atoms with E-state index in [1.807, 2.05) is 31.2 Å². The molecule has 0 saturated carbocycles. The molecular weight excluding hydrogens is 260 g/mol. The second-order valence-electron chi connectivity index (χ2n) is 5.83. The van der Waals surface area contributed by atoms with Gasteiger partial charge in [0.1, 0.15) is 11.5 Å². The smallest absolute Gasteiger partial charge is 0.248 e. The zero-order chi connectivity index (χ0) is 14.7. The van der Waals surface area contributed by atoms with Crippen LogP contribution in [0.15, 0.2) is 48.5 Å². The molecule has 2 nitrogen and oxygen atoms in total. The molecule has 3 rings (SSSR count). The van der Waals surface area contributed by atoms with Crippen LogP contribution in [-0.4, -0.2) is 5.79 Å². The highest BCUT2D eigenvalue weighted by Crippen LogP contribution is 2.35. The van der Waals surface area contributed by atoms with Gasteiger partial charge < -0.3 is 9.47 Å². The quantitative estimate of drug-likeness (QED) is 0.792. The van der Waals surface area contributed by atoms with Gasteiger partial charge in [0.25, 0.3) is 0 Å². The maximum atomic E-state index is 6.26. The van der Waals surface area contributed by atoms with Gasteiger partial charge in [0, 0.05) is 19.8 Å². The second-order valence-corrected chi connectivity index (χ2v) is 5.83. The van der Waals surface area contributed by atoms with Crippen molar-refractivity contribution in [3.8, 4) is 11.5 Å². The molecule has 0 bridgehead atoms. The minimum atomic E-state index is -0.608. The van der Waals surface area contributed by atoms with E-state index in [1.54, 1.807) is 0 Å². The second kappa shape index (κ2) is 5.80. The summed E-state index contributed by atoms with van der Waals surface area (Å²) in [5, 5.41) is 0. The first-order chi connectivity index (χ1) is 10.2. The molecule has 110 valence electrons. The summed E-state index contributed by atoms with van der Waals surface area (Å²) in [4.78, 5) is 0. The Hall–Kier alpha value is -1.96. The van der Waals surface area contributed by atoms with Crippen LogP contribution in [0.4, 0.5) is 0 Å². The number of rotatable bonds is 3. The van der Waals surface area contributed by atoms with E-state index in [4.69, 9.17) is 9.47 Å². The van der Waals surface area contributed by atoms with Crippen molar-refractivity contribution in [2.45, 2.75) is 45.3 Å². The van der Waals surface area contributed by atoms with Crippen molar-refractivity contribution in [1.29, 1.82) is 0 Å².